The van der Waals surface area contributed by atoms with E-state index in [1.54, 1.807) is 18.4 Å². The van der Waals surface area contributed by atoms with Crippen LogP contribution in [-0.4, -0.2) is 32.0 Å². The van der Waals surface area contributed by atoms with Gasteiger partial charge in [-0.25, -0.2) is 0 Å². The Hall–Kier alpha value is -2.65. The second kappa shape index (κ2) is 8.15. The van der Waals surface area contributed by atoms with Crippen LogP contribution >= 0.6 is 23.1 Å². The third-order valence-corrected chi connectivity index (χ3v) is 6.03. The molecule has 7 nitrogen and oxygen atoms in total. The molecule has 0 amide bonds. The quantitative estimate of drug-likeness (QED) is 0.403. The second-order valence-electron chi connectivity index (χ2n) is 5.95. The number of benzene rings is 1. The number of nitrogens with zero attached hydrogens (tertiary/aromatic N) is 5. The Morgan fingerprint density at radius 2 is 2.07 bits per heavy atom. The highest BCUT2D eigenvalue weighted by molar-refractivity contribution is 7.99. The molecule has 4 aromatic rings. The van der Waals surface area contributed by atoms with Gasteiger partial charge in [0.2, 0.25) is 5.89 Å². The number of methoxy groups -OCH3 is 1. The zero-order chi connectivity index (χ0) is 19.5. The molecular formula is C19H19N5O2S2. The van der Waals surface area contributed by atoms with Gasteiger partial charge in [-0.3, -0.25) is 4.57 Å². The number of aromatic nitrogens is 5. The van der Waals surface area contributed by atoms with Crippen LogP contribution in [0.25, 0.3) is 16.4 Å². The summed E-state index contributed by atoms with van der Waals surface area (Å²) in [6.45, 7) is 4.02. The third kappa shape index (κ3) is 3.55. The fraction of sp³-hybridized carbons (Fsp3) is 0.263. The highest BCUT2D eigenvalue weighted by Gasteiger charge is 2.23. The normalized spacial score (nSPS) is 12.2. The summed E-state index contributed by atoms with van der Waals surface area (Å²) in [6, 6.07) is 11.9. The van der Waals surface area contributed by atoms with E-state index in [1.165, 1.54) is 11.8 Å². The van der Waals surface area contributed by atoms with Crippen LogP contribution in [0.1, 0.15) is 30.8 Å². The summed E-state index contributed by atoms with van der Waals surface area (Å²) in [7, 11) is 1.66. The molecule has 0 saturated heterocycles. The largest absolute Gasteiger partial charge is 0.495 e. The van der Waals surface area contributed by atoms with E-state index < -0.39 is 0 Å². The van der Waals surface area contributed by atoms with Gasteiger partial charge in [0.15, 0.2) is 16.8 Å². The first-order valence-corrected chi connectivity index (χ1v) is 10.6. The lowest BCUT2D eigenvalue weighted by atomic mass is 10.3. The average Bonchev–Trinajstić information content (AvgIpc) is 3.47. The van der Waals surface area contributed by atoms with Crippen molar-refractivity contribution >= 4 is 23.1 Å². The molecule has 1 unspecified atom stereocenters. The average molecular weight is 414 g/mol. The van der Waals surface area contributed by atoms with Crippen LogP contribution in [0.15, 0.2) is 51.5 Å². The Morgan fingerprint density at radius 3 is 2.79 bits per heavy atom. The van der Waals surface area contributed by atoms with Crippen LogP contribution in [0, 0.1) is 0 Å². The van der Waals surface area contributed by atoms with Crippen molar-refractivity contribution < 1.29 is 9.26 Å². The van der Waals surface area contributed by atoms with E-state index >= 15 is 0 Å². The highest BCUT2D eigenvalue weighted by Crippen LogP contribution is 2.38. The summed E-state index contributed by atoms with van der Waals surface area (Å²) < 4.78 is 13.0. The summed E-state index contributed by atoms with van der Waals surface area (Å²) in [5, 5.41) is 15.6. The fourth-order valence-corrected chi connectivity index (χ4v) is 4.32. The molecule has 3 aromatic heterocycles. The van der Waals surface area contributed by atoms with Crippen LogP contribution in [-0.2, 0) is 6.42 Å². The first-order valence-electron chi connectivity index (χ1n) is 8.83. The Labute approximate surface area is 170 Å². The van der Waals surface area contributed by atoms with E-state index in [9.17, 15) is 0 Å². The van der Waals surface area contributed by atoms with E-state index in [4.69, 9.17) is 9.26 Å². The number of para-hydroxylation sites is 2. The van der Waals surface area contributed by atoms with Gasteiger partial charge in [-0.1, -0.05) is 42.0 Å². The minimum absolute atomic E-state index is 0.0679. The van der Waals surface area contributed by atoms with Crippen molar-refractivity contribution in [1.82, 2.24) is 24.9 Å². The van der Waals surface area contributed by atoms with Crippen molar-refractivity contribution in [2.24, 2.45) is 0 Å². The lowest BCUT2D eigenvalue weighted by Gasteiger charge is -2.14. The van der Waals surface area contributed by atoms with E-state index in [1.807, 2.05) is 60.2 Å². The number of hydrogen-bond acceptors (Lipinski definition) is 8. The molecule has 1 aromatic carbocycles. The van der Waals surface area contributed by atoms with E-state index in [0.29, 0.717) is 11.7 Å². The lowest BCUT2D eigenvalue weighted by molar-refractivity contribution is 0.375. The molecule has 3 heterocycles. The topological polar surface area (TPSA) is 78.9 Å². The van der Waals surface area contributed by atoms with Gasteiger partial charge in [-0.15, -0.1) is 21.5 Å². The predicted octanol–water partition coefficient (Wildman–Crippen LogP) is 4.80. The van der Waals surface area contributed by atoms with Crippen molar-refractivity contribution in [3.8, 4) is 22.1 Å². The van der Waals surface area contributed by atoms with E-state index in [0.717, 1.165) is 33.7 Å². The van der Waals surface area contributed by atoms with Crippen LogP contribution in [0.2, 0.25) is 0 Å². The molecule has 144 valence electrons. The molecule has 9 heteroatoms. The summed E-state index contributed by atoms with van der Waals surface area (Å²) in [5.74, 6) is 2.80. The van der Waals surface area contributed by atoms with Gasteiger partial charge in [0.25, 0.3) is 0 Å². The molecule has 0 N–H and O–H groups in total. The summed E-state index contributed by atoms with van der Waals surface area (Å²) in [5.41, 5.74) is 0.882. The molecular weight excluding hydrogens is 394 g/mol. The SMILES string of the molecule is CCc1noc(C(C)Sc2nnc(-c3cccs3)n2-c2ccccc2OC)n1. The standard InChI is InChI=1S/C19H19N5O2S2/c1-4-16-20-18(26-23-16)12(2)28-19-22-21-17(15-10-7-11-27-15)24(19)13-8-5-6-9-14(13)25-3/h5-12H,4H2,1-3H3. The predicted molar refractivity (Wildman–Crippen MR) is 109 cm³/mol. The molecule has 0 bridgehead atoms. The van der Waals surface area contributed by atoms with E-state index in [-0.39, 0.29) is 5.25 Å². The van der Waals surface area contributed by atoms with Gasteiger partial charge in [0.05, 0.1) is 22.9 Å². The van der Waals surface area contributed by atoms with Gasteiger partial charge in [-0.05, 0) is 30.5 Å². The lowest BCUT2D eigenvalue weighted by Crippen LogP contribution is -2.02. The monoisotopic (exact) mass is 413 g/mol. The molecule has 0 aliphatic heterocycles. The highest BCUT2D eigenvalue weighted by atomic mass is 32.2. The van der Waals surface area contributed by atoms with Gasteiger partial charge in [0.1, 0.15) is 5.75 Å². The van der Waals surface area contributed by atoms with Gasteiger partial charge in [-0.2, -0.15) is 4.98 Å². The fourth-order valence-electron chi connectivity index (χ4n) is 2.73. The van der Waals surface area contributed by atoms with Crippen molar-refractivity contribution in [2.75, 3.05) is 7.11 Å². The molecule has 0 aliphatic carbocycles. The third-order valence-electron chi connectivity index (χ3n) is 4.13. The maximum absolute atomic E-state index is 5.58. The number of hydrogen-bond donors (Lipinski definition) is 0. The Balaban J connectivity index is 1.77. The minimum atomic E-state index is -0.0679. The summed E-state index contributed by atoms with van der Waals surface area (Å²) >= 11 is 3.14. The van der Waals surface area contributed by atoms with Crippen LogP contribution < -0.4 is 4.74 Å². The van der Waals surface area contributed by atoms with Crippen molar-refractivity contribution in [3.05, 3.63) is 53.5 Å². The van der Waals surface area contributed by atoms with Gasteiger partial charge < -0.3 is 9.26 Å². The second-order valence-corrected chi connectivity index (χ2v) is 8.21. The molecule has 0 radical (unpaired) electrons. The van der Waals surface area contributed by atoms with Crippen molar-refractivity contribution in [1.29, 1.82) is 0 Å². The van der Waals surface area contributed by atoms with E-state index in [2.05, 4.69) is 20.3 Å². The Morgan fingerprint density at radius 1 is 1.21 bits per heavy atom. The molecule has 0 aliphatic rings. The summed E-state index contributed by atoms with van der Waals surface area (Å²) in [6.07, 6.45) is 0.737. The number of thioether (sulfide) groups is 1. The molecule has 0 fully saturated rings. The van der Waals surface area contributed by atoms with Crippen molar-refractivity contribution in [3.63, 3.8) is 0 Å². The first-order chi connectivity index (χ1) is 13.7. The Bertz CT molecular complexity index is 1060. The molecule has 0 spiro atoms. The van der Waals surface area contributed by atoms with Crippen molar-refractivity contribution in [2.45, 2.75) is 30.7 Å². The van der Waals surface area contributed by atoms with Crippen LogP contribution in [0.3, 0.4) is 0 Å². The first kappa shape index (κ1) is 18.7. The maximum atomic E-state index is 5.58. The zero-order valence-electron chi connectivity index (χ0n) is 15.7. The van der Waals surface area contributed by atoms with Crippen LogP contribution in [0.4, 0.5) is 0 Å². The smallest absolute Gasteiger partial charge is 0.239 e. The number of aryl methyl sites for hydroxylation is 1. The van der Waals surface area contributed by atoms with Gasteiger partial charge in [0, 0.05) is 6.42 Å². The zero-order valence-corrected chi connectivity index (χ0v) is 17.3. The molecule has 0 saturated carbocycles. The molecule has 4 rings (SSSR count). The van der Waals surface area contributed by atoms with Gasteiger partial charge >= 0.3 is 0 Å². The van der Waals surface area contributed by atoms with Crippen LogP contribution in [0.5, 0.6) is 5.75 Å². The number of ether oxygens (including phenoxy) is 1. The molecule has 1 atom stereocenters. The minimum Gasteiger partial charge on any atom is -0.495 e. The Kier molecular flexibility index (Phi) is 5.45. The molecule has 28 heavy (non-hydrogen) atoms. The number of rotatable bonds is 7. The number of thiophene rings is 1. The maximum Gasteiger partial charge on any atom is 0.239 e. The summed E-state index contributed by atoms with van der Waals surface area (Å²) in [4.78, 5) is 5.47.